The fourth-order valence-corrected chi connectivity index (χ4v) is 5.81. The smallest absolute Gasteiger partial charge is 0.283 e. The number of carbonyl (C=O) groups excluding carboxylic acids is 1. The van der Waals surface area contributed by atoms with E-state index in [2.05, 4.69) is 54.7 Å². The van der Waals surface area contributed by atoms with Crippen molar-refractivity contribution in [1.29, 1.82) is 0 Å². The second-order valence-electron chi connectivity index (χ2n) is 8.48. The molecule has 0 N–H and O–H groups in total. The molecule has 1 amide bonds. The molecule has 0 atom stereocenters. The van der Waals surface area contributed by atoms with E-state index in [-0.39, 0.29) is 11.5 Å². The minimum Gasteiger partial charge on any atom is -0.340 e. The number of hydrazone groups is 1. The molecule has 5 rings (SSSR count). The van der Waals surface area contributed by atoms with Crippen molar-refractivity contribution in [3.8, 4) is 0 Å². The Hall–Kier alpha value is -3.97. The fourth-order valence-electron chi connectivity index (χ4n) is 4.53. The number of allylic oxidation sites excluding steroid dienone is 1. The summed E-state index contributed by atoms with van der Waals surface area (Å²) in [6.45, 7) is 10.8. The lowest BCUT2D eigenvalue weighted by Gasteiger charge is -2.29. The Bertz CT molecular complexity index is 1590. The van der Waals surface area contributed by atoms with Gasteiger partial charge in [0, 0.05) is 18.8 Å². The summed E-state index contributed by atoms with van der Waals surface area (Å²) in [4.78, 5) is 29.3. The average molecular weight is 483 g/mol. The van der Waals surface area contributed by atoms with Gasteiger partial charge in [0.1, 0.15) is 9.20 Å². The van der Waals surface area contributed by atoms with Crippen LogP contribution >= 0.6 is 11.3 Å². The molecule has 0 bridgehead atoms. The molecule has 7 heteroatoms. The molecule has 0 spiro atoms. The maximum atomic E-state index is 13.7. The van der Waals surface area contributed by atoms with E-state index in [1.54, 1.807) is 10.6 Å². The number of amides is 1. The van der Waals surface area contributed by atoms with Gasteiger partial charge in [0.05, 0.1) is 22.7 Å². The molecule has 0 saturated heterocycles. The van der Waals surface area contributed by atoms with Crippen LogP contribution in [-0.2, 0) is 11.3 Å². The first-order valence-electron chi connectivity index (χ1n) is 11.5. The molecule has 6 nitrogen and oxygen atoms in total. The molecule has 0 unspecified atom stereocenters. The number of para-hydroxylation sites is 1. The SMILES string of the molecule is C=CCn1c(=O)/c(=C2\C=Cc3cc(C)ccc3N2CC)s/c1=C1\C(=O)N(c2ccccc2)N=C1C. The predicted octanol–water partition coefficient (Wildman–Crippen LogP) is 3.64. The van der Waals surface area contributed by atoms with Gasteiger partial charge >= 0.3 is 0 Å². The van der Waals surface area contributed by atoms with Crippen LogP contribution in [0.3, 0.4) is 0 Å². The van der Waals surface area contributed by atoms with E-state index in [0.29, 0.717) is 39.3 Å². The molecule has 0 fully saturated rings. The van der Waals surface area contributed by atoms with Crippen molar-refractivity contribution < 1.29 is 4.79 Å². The molecule has 1 aromatic heterocycles. The predicted molar refractivity (Wildman–Crippen MR) is 145 cm³/mol. The lowest BCUT2D eigenvalue weighted by molar-refractivity contribution is -0.112. The highest BCUT2D eigenvalue weighted by Crippen LogP contribution is 2.31. The summed E-state index contributed by atoms with van der Waals surface area (Å²) < 4.78 is 2.83. The van der Waals surface area contributed by atoms with Crippen LogP contribution in [0.15, 0.2) is 77.2 Å². The molecule has 0 saturated carbocycles. The van der Waals surface area contributed by atoms with Crippen LogP contribution in [0.2, 0.25) is 0 Å². The van der Waals surface area contributed by atoms with Gasteiger partial charge in [-0.25, -0.2) is 0 Å². The summed E-state index contributed by atoms with van der Waals surface area (Å²) in [5.41, 5.74) is 5.81. The van der Waals surface area contributed by atoms with E-state index in [4.69, 9.17) is 0 Å². The Kier molecular flexibility index (Phi) is 5.86. The van der Waals surface area contributed by atoms with Gasteiger partial charge in [-0.1, -0.05) is 42.0 Å². The number of rotatable bonds is 4. The number of fused-ring (bicyclic) bond motifs is 1. The molecule has 2 aromatic carbocycles. The van der Waals surface area contributed by atoms with Crippen LogP contribution in [-0.4, -0.2) is 22.7 Å². The highest BCUT2D eigenvalue weighted by atomic mass is 32.1. The van der Waals surface area contributed by atoms with Crippen LogP contribution in [0.1, 0.15) is 25.0 Å². The number of likely N-dealkylation sites (N-methyl/N-ethyl adjacent to an activating group) is 1. The standard InChI is InChI=1S/C28H26N4O2S/c1-5-16-31-27(34)25(23-15-13-20-17-18(3)12-14-22(20)30(23)6-2)35-28(31)24-19(4)29-32(26(24)33)21-10-8-7-9-11-21/h5,7-15,17H,1,6,16H2,2-4H3/b25-23-,28-24-. The largest absolute Gasteiger partial charge is 0.340 e. The van der Waals surface area contributed by atoms with Crippen molar-refractivity contribution in [2.75, 3.05) is 16.5 Å². The third-order valence-corrected chi connectivity index (χ3v) is 7.37. The van der Waals surface area contributed by atoms with Crippen molar-refractivity contribution in [1.82, 2.24) is 4.57 Å². The van der Waals surface area contributed by atoms with Gasteiger partial charge in [-0.15, -0.1) is 17.9 Å². The quantitative estimate of drug-likeness (QED) is 0.534. The number of carbonyl (C=O) groups is 1. The number of hydrogen-bond donors (Lipinski definition) is 0. The van der Waals surface area contributed by atoms with Gasteiger partial charge in [-0.3, -0.25) is 14.2 Å². The van der Waals surface area contributed by atoms with Gasteiger partial charge in [0.25, 0.3) is 11.5 Å². The Morgan fingerprint density at radius 2 is 1.83 bits per heavy atom. The van der Waals surface area contributed by atoms with Crippen LogP contribution in [0.4, 0.5) is 11.4 Å². The third kappa shape index (κ3) is 3.78. The third-order valence-electron chi connectivity index (χ3n) is 6.16. The average Bonchev–Trinajstić information content (AvgIpc) is 3.33. The maximum Gasteiger partial charge on any atom is 0.283 e. The van der Waals surface area contributed by atoms with E-state index in [0.717, 1.165) is 16.9 Å². The maximum absolute atomic E-state index is 13.7. The molecule has 0 aliphatic carbocycles. The normalized spacial score (nSPS) is 18.1. The van der Waals surface area contributed by atoms with Crippen LogP contribution in [0.5, 0.6) is 0 Å². The van der Waals surface area contributed by atoms with E-state index in [1.807, 2.05) is 43.3 Å². The van der Waals surface area contributed by atoms with Crippen molar-refractivity contribution in [2.24, 2.45) is 5.10 Å². The first kappa shape index (κ1) is 22.8. The van der Waals surface area contributed by atoms with E-state index < -0.39 is 0 Å². The zero-order chi connectivity index (χ0) is 24.7. The Labute approximate surface area is 207 Å². The lowest BCUT2D eigenvalue weighted by atomic mass is 10.0. The fraction of sp³-hybridized carbons (Fsp3) is 0.179. The molecule has 3 aromatic rings. The van der Waals surface area contributed by atoms with Crippen molar-refractivity contribution in [3.63, 3.8) is 0 Å². The van der Waals surface area contributed by atoms with Crippen molar-refractivity contribution >= 4 is 51.7 Å². The Morgan fingerprint density at radius 3 is 2.54 bits per heavy atom. The second kappa shape index (κ2) is 9.00. The topological polar surface area (TPSA) is 57.9 Å². The number of anilines is 2. The van der Waals surface area contributed by atoms with Gasteiger partial charge in [-0.2, -0.15) is 10.1 Å². The zero-order valence-corrected chi connectivity index (χ0v) is 20.8. The summed E-state index contributed by atoms with van der Waals surface area (Å²) in [7, 11) is 0. The molecule has 35 heavy (non-hydrogen) atoms. The van der Waals surface area contributed by atoms with Crippen molar-refractivity contribution in [3.05, 3.63) is 97.9 Å². The Balaban J connectivity index is 1.76. The summed E-state index contributed by atoms with van der Waals surface area (Å²) in [5.74, 6) is -0.239. The Morgan fingerprint density at radius 1 is 1.06 bits per heavy atom. The van der Waals surface area contributed by atoms with Gasteiger partial charge in [0.15, 0.2) is 0 Å². The van der Waals surface area contributed by atoms with Crippen LogP contribution in [0, 0.1) is 6.92 Å². The first-order valence-corrected chi connectivity index (χ1v) is 12.4. The molecule has 2 aliphatic rings. The molecular formula is C28H26N4O2S. The molecule has 0 radical (unpaired) electrons. The highest BCUT2D eigenvalue weighted by Gasteiger charge is 2.31. The summed E-state index contributed by atoms with van der Waals surface area (Å²) in [6, 6.07) is 15.6. The monoisotopic (exact) mass is 482 g/mol. The van der Waals surface area contributed by atoms with E-state index in [1.165, 1.54) is 21.9 Å². The molecule has 3 heterocycles. The summed E-state index contributed by atoms with van der Waals surface area (Å²) in [5, 5.41) is 5.92. The number of benzene rings is 2. The molecule has 2 aliphatic heterocycles. The van der Waals surface area contributed by atoms with Gasteiger partial charge in [-0.05, 0) is 56.7 Å². The summed E-state index contributed by atoms with van der Waals surface area (Å²) >= 11 is 1.34. The number of aryl methyl sites for hydroxylation is 1. The van der Waals surface area contributed by atoms with Gasteiger partial charge < -0.3 is 4.90 Å². The van der Waals surface area contributed by atoms with Crippen LogP contribution in [0.25, 0.3) is 17.3 Å². The summed E-state index contributed by atoms with van der Waals surface area (Å²) in [6.07, 6.45) is 5.73. The first-order chi connectivity index (χ1) is 16.9. The second-order valence-corrected chi connectivity index (χ2v) is 9.48. The molecular weight excluding hydrogens is 456 g/mol. The minimum atomic E-state index is -0.239. The van der Waals surface area contributed by atoms with Crippen molar-refractivity contribution in [2.45, 2.75) is 27.3 Å². The van der Waals surface area contributed by atoms with Crippen LogP contribution < -0.4 is 24.7 Å². The van der Waals surface area contributed by atoms with E-state index >= 15 is 0 Å². The number of aromatic nitrogens is 1. The van der Waals surface area contributed by atoms with E-state index in [9.17, 15) is 9.59 Å². The number of nitrogens with zero attached hydrogens (tertiary/aromatic N) is 4. The molecule has 176 valence electrons. The number of thiazole rings is 1. The minimum absolute atomic E-state index is 0.134. The number of hydrogen-bond acceptors (Lipinski definition) is 5. The highest BCUT2D eigenvalue weighted by molar-refractivity contribution is 7.08. The van der Waals surface area contributed by atoms with Gasteiger partial charge in [0.2, 0.25) is 0 Å². The lowest BCUT2D eigenvalue weighted by Crippen LogP contribution is -2.37. The zero-order valence-electron chi connectivity index (χ0n) is 20.0.